The number of hydrogen-bond acceptors (Lipinski definition) is 1. The summed E-state index contributed by atoms with van der Waals surface area (Å²) in [5.74, 6) is -0.225. The Balaban J connectivity index is 2.61. The molecule has 1 heterocycles. The van der Waals surface area contributed by atoms with Gasteiger partial charge in [0.05, 0.1) is 16.7 Å². The van der Waals surface area contributed by atoms with E-state index < -0.39 is 0 Å². The van der Waals surface area contributed by atoms with Crippen molar-refractivity contribution in [3.8, 4) is 0 Å². The molecule has 2 rings (SSSR count). The van der Waals surface area contributed by atoms with E-state index in [2.05, 4.69) is 15.9 Å². The van der Waals surface area contributed by atoms with Crippen molar-refractivity contribution in [2.45, 2.75) is 26.1 Å². The van der Waals surface area contributed by atoms with Crippen LogP contribution in [0.2, 0.25) is 0 Å². The normalized spacial score (nSPS) is 18.8. The Kier molecular flexibility index (Phi) is 1.96. The molecule has 13 heavy (non-hydrogen) atoms. The topological polar surface area (TPSA) is 9.23 Å². The van der Waals surface area contributed by atoms with Gasteiger partial charge in [-0.3, -0.25) is 0 Å². The second kappa shape index (κ2) is 2.79. The van der Waals surface area contributed by atoms with Gasteiger partial charge in [-0.2, -0.15) is 0 Å². The van der Waals surface area contributed by atoms with Gasteiger partial charge in [0, 0.05) is 0 Å². The number of rotatable bonds is 0. The van der Waals surface area contributed by atoms with Crippen LogP contribution in [-0.2, 0) is 16.9 Å². The summed E-state index contributed by atoms with van der Waals surface area (Å²) in [5, 5.41) is 0. The summed E-state index contributed by atoms with van der Waals surface area (Å²) in [5.41, 5.74) is 1.67. The monoisotopic (exact) mass is 244 g/mol. The molecule has 0 amide bonds. The van der Waals surface area contributed by atoms with E-state index in [1.54, 1.807) is 12.1 Å². The molecule has 1 aliphatic heterocycles. The van der Waals surface area contributed by atoms with Crippen LogP contribution >= 0.6 is 15.9 Å². The van der Waals surface area contributed by atoms with Crippen LogP contribution in [0, 0.1) is 5.82 Å². The van der Waals surface area contributed by atoms with Gasteiger partial charge in [-0.05, 0) is 53.0 Å². The second-order valence-electron chi connectivity index (χ2n) is 3.72. The summed E-state index contributed by atoms with van der Waals surface area (Å²) in [6.45, 7) is 4.47. The molecule has 0 radical (unpaired) electrons. The number of hydrogen-bond donors (Lipinski definition) is 0. The van der Waals surface area contributed by atoms with E-state index in [1.807, 2.05) is 13.8 Å². The Hall–Kier alpha value is -0.410. The average Bonchev–Trinajstić information content (AvgIpc) is 2.31. The van der Waals surface area contributed by atoms with Crippen molar-refractivity contribution in [3.05, 3.63) is 33.5 Å². The minimum Gasteiger partial charge on any atom is -0.366 e. The smallest absolute Gasteiger partial charge is 0.137 e. The minimum atomic E-state index is -0.350. The van der Waals surface area contributed by atoms with Crippen LogP contribution in [0.5, 0.6) is 0 Å². The molecule has 1 nitrogen and oxygen atoms in total. The van der Waals surface area contributed by atoms with Crippen LogP contribution in [0.25, 0.3) is 0 Å². The average molecular weight is 245 g/mol. The standard InChI is InChI=1S/C10H10BrFO/c1-10(2)7-4-9(12)8(11)3-6(7)5-13-10/h3-4H,5H2,1-2H3. The summed E-state index contributed by atoms with van der Waals surface area (Å²) in [6.07, 6.45) is 0. The van der Waals surface area contributed by atoms with Crippen molar-refractivity contribution in [1.29, 1.82) is 0 Å². The van der Waals surface area contributed by atoms with Gasteiger partial charge >= 0.3 is 0 Å². The first kappa shape index (κ1) is 9.16. The first-order chi connectivity index (χ1) is 6.00. The summed E-state index contributed by atoms with van der Waals surface area (Å²) in [6, 6.07) is 3.34. The molecule has 1 aromatic rings. The molecule has 1 aliphatic rings. The maximum absolute atomic E-state index is 13.2. The maximum atomic E-state index is 13.2. The highest BCUT2D eigenvalue weighted by atomic mass is 79.9. The van der Waals surface area contributed by atoms with Gasteiger partial charge in [0.2, 0.25) is 0 Å². The van der Waals surface area contributed by atoms with Crippen molar-refractivity contribution < 1.29 is 9.13 Å². The summed E-state index contributed by atoms with van der Waals surface area (Å²) < 4.78 is 19.3. The first-order valence-electron chi connectivity index (χ1n) is 4.13. The fraction of sp³-hybridized carbons (Fsp3) is 0.400. The fourth-order valence-electron chi connectivity index (χ4n) is 1.60. The number of fused-ring (bicyclic) bond motifs is 1. The van der Waals surface area contributed by atoms with Gasteiger partial charge in [0.15, 0.2) is 0 Å². The molecule has 0 unspecified atom stereocenters. The lowest BCUT2D eigenvalue weighted by atomic mass is 9.96. The molecule has 0 aromatic heterocycles. The Morgan fingerprint density at radius 2 is 2.15 bits per heavy atom. The highest BCUT2D eigenvalue weighted by Gasteiger charge is 2.31. The molecule has 3 heteroatoms. The van der Waals surface area contributed by atoms with Gasteiger partial charge in [0.1, 0.15) is 5.82 Å². The third kappa shape index (κ3) is 1.40. The quantitative estimate of drug-likeness (QED) is 0.681. The molecule has 0 saturated carbocycles. The summed E-state index contributed by atoms with van der Waals surface area (Å²) >= 11 is 3.16. The van der Waals surface area contributed by atoms with E-state index in [4.69, 9.17) is 4.74 Å². The van der Waals surface area contributed by atoms with Gasteiger partial charge < -0.3 is 4.74 Å². The predicted molar refractivity (Wildman–Crippen MR) is 51.9 cm³/mol. The lowest BCUT2D eigenvalue weighted by Crippen LogP contribution is -2.14. The Labute approximate surface area is 85.0 Å². The van der Waals surface area contributed by atoms with Crippen molar-refractivity contribution in [3.63, 3.8) is 0 Å². The zero-order chi connectivity index (χ0) is 9.64. The van der Waals surface area contributed by atoms with Crippen LogP contribution in [0.15, 0.2) is 16.6 Å². The van der Waals surface area contributed by atoms with Crippen LogP contribution in [0.1, 0.15) is 25.0 Å². The zero-order valence-corrected chi connectivity index (χ0v) is 9.11. The molecule has 0 N–H and O–H groups in total. The Morgan fingerprint density at radius 3 is 2.85 bits per heavy atom. The van der Waals surface area contributed by atoms with E-state index in [9.17, 15) is 4.39 Å². The Bertz CT molecular complexity index is 360. The number of halogens is 2. The van der Waals surface area contributed by atoms with E-state index in [-0.39, 0.29) is 11.4 Å². The SMILES string of the molecule is CC1(C)OCc2cc(Br)c(F)cc21. The van der Waals surface area contributed by atoms with Crippen LogP contribution < -0.4 is 0 Å². The van der Waals surface area contributed by atoms with Gasteiger partial charge in [-0.25, -0.2) is 4.39 Å². The summed E-state index contributed by atoms with van der Waals surface area (Å²) in [4.78, 5) is 0. The lowest BCUT2D eigenvalue weighted by Gasteiger charge is -2.18. The molecule has 0 aliphatic carbocycles. The molecule has 0 atom stereocenters. The Morgan fingerprint density at radius 1 is 1.46 bits per heavy atom. The van der Waals surface area contributed by atoms with Gasteiger partial charge in [-0.15, -0.1) is 0 Å². The third-order valence-corrected chi connectivity index (χ3v) is 2.99. The minimum absolute atomic E-state index is 0.225. The zero-order valence-electron chi connectivity index (χ0n) is 7.53. The summed E-state index contributed by atoms with van der Waals surface area (Å²) in [7, 11) is 0. The predicted octanol–water partition coefficient (Wildman–Crippen LogP) is 3.35. The van der Waals surface area contributed by atoms with Crippen molar-refractivity contribution in [1.82, 2.24) is 0 Å². The van der Waals surface area contributed by atoms with Gasteiger partial charge in [0.25, 0.3) is 0 Å². The molecule has 70 valence electrons. The van der Waals surface area contributed by atoms with Crippen LogP contribution in [-0.4, -0.2) is 0 Å². The lowest BCUT2D eigenvalue weighted by molar-refractivity contribution is -0.00798. The first-order valence-corrected chi connectivity index (χ1v) is 4.92. The fourth-order valence-corrected chi connectivity index (χ4v) is 1.99. The highest BCUT2D eigenvalue weighted by molar-refractivity contribution is 9.10. The van der Waals surface area contributed by atoms with E-state index >= 15 is 0 Å². The largest absolute Gasteiger partial charge is 0.366 e. The van der Waals surface area contributed by atoms with Crippen molar-refractivity contribution in [2.24, 2.45) is 0 Å². The van der Waals surface area contributed by atoms with E-state index in [1.165, 1.54) is 0 Å². The third-order valence-electron chi connectivity index (χ3n) is 2.38. The van der Waals surface area contributed by atoms with E-state index in [0.29, 0.717) is 11.1 Å². The molecule has 0 bridgehead atoms. The number of ether oxygens (including phenoxy) is 1. The molecule has 0 spiro atoms. The molecule has 1 aromatic carbocycles. The molecular weight excluding hydrogens is 235 g/mol. The molecule has 0 saturated heterocycles. The van der Waals surface area contributed by atoms with Crippen LogP contribution in [0.3, 0.4) is 0 Å². The molecular formula is C10H10BrFO. The molecule has 0 fully saturated rings. The second-order valence-corrected chi connectivity index (χ2v) is 4.58. The number of benzene rings is 1. The van der Waals surface area contributed by atoms with E-state index in [0.717, 1.165) is 11.1 Å². The van der Waals surface area contributed by atoms with Crippen molar-refractivity contribution >= 4 is 15.9 Å². The van der Waals surface area contributed by atoms with Crippen LogP contribution in [0.4, 0.5) is 4.39 Å². The maximum Gasteiger partial charge on any atom is 0.137 e. The highest BCUT2D eigenvalue weighted by Crippen LogP contribution is 2.37. The van der Waals surface area contributed by atoms with Gasteiger partial charge in [-0.1, -0.05) is 0 Å². The van der Waals surface area contributed by atoms with Crippen molar-refractivity contribution in [2.75, 3.05) is 0 Å².